The fraction of sp³-hybridized carbons (Fsp3) is 0.348. The van der Waals surface area contributed by atoms with E-state index in [4.69, 9.17) is 11.6 Å². The number of sulfonamides is 1. The molecule has 0 radical (unpaired) electrons. The molecule has 0 saturated carbocycles. The van der Waals surface area contributed by atoms with E-state index >= 15 is 0 Å². The predicted octanol–water partition coefficient (Wildman–Crippen LogP) is 3.06. The molecule has 0 aliphatic heterocycles. The number of pyridine rings is 1. The van der Waals surface area contributed by atoms with Crippen molar-refractivity contribution in [2.75, 3.05) is 17.1 Å². The minimum absolute atomic E-state index is 0.0336. The second-order valence-electron chi connectivity index (χ2n) is 8.52. The molecular weight excluding hydrogens is 529 g/mol. The summed E-state index contributed by atoms with van der Waals surface area (Å²) in [5.41, 5.74) is 0.899. The average molecular weight is 554 g/mol. The Bertz CT molecular complexity index is 1470. The molecule has 1 aliphatic rings. The number of carbonyl (C=O) groups excluding carboxylic acids is 1. The first-order valence-corrected chi connectivity index (χ1v) is 14.0. The van der Waals surface area contributed by atoms with E-state index in [0.717, 1.165) is 40.7 Å². The average Bonchev–Trinajstić information content (AvgIpc) is 3.23. The van der Waals surface area contributed by atoms with Crippen LogP contribution in [0.4, 0.5) is 15.2 Å². The summed E-state index contributed by atoms with van der Waals surface area (Å²) in [6.07, 6.45) is 2.16. The second-order valence-corrected chi connectivity index (χ2v) is 11.7. The summed E-state index contributed by atoms with van der Waals surface area (Å²) in [5.74, 6) is -1.47. The van der Waals surface area contributed by atoms with Crippen molar-refractivity contribution in [1.29, 1.82) is 0 Å². The summed E-state index contributed by atoms with van der Waals surface area (Å²) in [6.45, 7) is 1.41. The molecule has 0 saturated heterocycles. The summed E-state index contributed by atoms with van der Waals surface area (Å²) >= 11 is 7.50. The monoisotopic (exact) mass is 553 g/mol. The molecule has 0 fully saturated rings. The van der Waals surface area contributed by atoms with Gasteiger partial charge in [-0.15, -0.1) is 11.3 Å². The van der Waals surface area contributed by atoms with Crippen LogP contribution >= 0.6 is 22.9 Å². The van der Waals surface area contributed by atoms with Gasteiger partial charge in [-0.3, -0.25) is 14.3 Å². The van der Waals surface area contributed by atoms with E-state index in [-0.39, 0.29) is 34.8 Å². The number of fused-ring (bicyclic) bond motifs is 1. The maximum absolute atomic E-state index is 13.3. The van der Waals surface area contributed by atoms with Crippen molar-refractivity contribution in [2.24, 2.45) is 0 Å². The highest BCUT2D eigenvalue weighted by Crippen LogP contribution is 2.29. The van der Waals surface area contributed by atoms with Crippen LogP contribution in [0.25, 0.3) is 0 Å². The highest BCUT2D eigenvalue weighted by molar-refractivity contribution is 7.91. The fourth-order valence-electron chi connectivity index (χ4n) is 4.01. The van der Waals surface area contributed by atoms with Crippen molar-refractivity contribution >= 4 is 49.7 Å². The Morgan fingerprint density at radius 1 is 1.31 bits per heavy atom. The number of hydrogen-bond acceptors (Lipinski definition) is 7. The Morgan fingerprint density at radius 3 is 2.81 bits per heavy atom. The Morgan fingerprint density at radius 2 is 2.08 bits per heavy atom. The molecule has 1 aliphatic carbocycles. The lowest BCUT2D eigenvalue weighted by molar-refractivity contribution is -0.122. The van der Waals surface area contributed by atoms with Crippen molar-refractivity contribution in [3.8, 4) is 0 Å². The second kappa shape index (κ2) is 10.6. The van der Waals surface area contributed by atoms with Crippen LogP contribution in [0.5, 0.6) is 0 Å². The molecule has 9 nitrogen and oxygen atoms in total. The van der Waals surface area contributed by atoms with E-state index in [0.29, 0.717) is 12.1 Å². The summed E-state index contributed by atoms with van der Waals surface area (Å²) in [7, 11) is -2.22. The molecule has 1 amide bonds. The Kier molecular flexibility index (Phi) is 7.67. The van der Waals surface area contributed by atoms with Gasteiger partial charge >= 0.3 is 0 Å². The number of aryl methyl sites for hydroxylation is 2. The molecule has 1 aromatic carbocycles. The van der Waals surface area contributed by atoms with E-state index in [2.05, 4.69) is 20.3 Å². The molecule has 2 heterocycles. The molecule has 4 rings (SSSR count). The normalized spacial score (nSPS) is 15.3. The van der Waals surface area contributed by atoms with E-state index in [1.165, 1.54) is 16.7 Å². The lowest BCUT2D eigenvalue weighted by Crippen LogP contribution is -2.42. The van der Waals surface area contributed by atoms with Crippen LogP contribution in [-0.4, -0.2) is 37.0 Å². The zero-order chi connectivity index (χ0) is 26.0. The largest absolute Gasteiger partial charge is 0.365 e. The zero-order valence-electron chi connectivity index (χ0n) is 19.6. The van der Waals surface area contributed by atoms with E-state index in [1.54, 1.807) is 24.3 Å². The quantitative estimate of drug-likeness (QED) is 0.394. The smallest absolute Gasteiger partial charge is 0.275 e. The first-order chi connectivity index (χ1) is 17.0. The number of hydrogen-bond donors (Lipinski definition) is 3. The molecule has 1 unspecified atom stereocenters. The topological polar surface area (TPSA) is 122 Å². The van der Waals surface area contributed by atoms with Gasteiger partial charge in [0.2, 0.25) is 15.9 Å². The van der Waals surface area contributed by atoms with E-state index in [1.807, 2.05) is 7.05 Å². The van der Waals surface area contributed by atoms with Gasteiger partial charge in [-0.1, -0.05) is 17.7 Å². The number of nitrogens with zero attached hydrogens (tertiary/aromatic N) is 2. The number of aromatic nitrogens is 2. The number of halogens is 2. The van der Waals surface area contributed by atoms with Gasteiger partial charge in [0, 0.05) is 35.1 Å². The number of rotatable bonds is 8. The van der Waals surface area contributed by atoms with Gasteiger partial charge in [0.05, 0.1) is 11.4 Å². The number of thiazole rings is 1. The van der Waals surface area contributed by atoms with Gasteiger partial charge in [-0.25, -0.2) is 17.8 Å². The van der Waals surface area contributed by atoms with Crippen LogP contribution in [0.1, 0.15) is 28.2 Å². The third-order valence-electron chi connectivity index (χ3n) is 5.84. The first-order valence-electron chi connectivity index (χ1n) is 11.1. The molecular formula is C23H25ClFN5O4S2. The summed E-state index contributed by atoms with van der Waals surface area (Å²) < 4.78 is 42.1. The molecule has 2 aromatic heterocycles. The predicted molar refractivity (Wildman–Crippen MR) is 139 cm³/mol. The van der Waals surface area contributed by atoms with Crippen LogP contribution in [0, 0.1) is 12.7 Å². The van der Waals surface area contributed by atoms with Crippen LogP contribution in [-0.2, 0) is 40.0 Å². The van der Waals surface area contributed by atoms with Gasteiger partial charge in [0.1, 0.15) is 18.0 Å². The number of carbonyl (C=O) groups is 1. The Labute approximate surface area is 216 Å². The SMILES string of the molecule is CNc1nc2c(s1)CC(NC(=O)Cn1c(C)ccc(NS(=O)(=O)Cc3ccc(F)cc3Cl)c1=O)CC2. The van der Waals surface area contributed by atoms with Crippen molar-refractivity contribution in [3.63, 3.8) is 0 Å². The number of anilines is 2. The Hall–Kier alpha value is -2.96. The molecule has 192 valence electrons. The maximum Gasteiger partial charge on any atom is 0.275 e. The highest BCUT2D eigenvalue weighted by Gasteiger charge is 2.24. The maximum atomic E-state index is 13.3. The van der Waals surface area contributed by atoms with Crippen LogP contribution in [0.2, 0.25) is 5.02 Å². The molecule has 1 atom stereocenters. The van der Waals surface area contributed by atoms with Crippen molar-refractivity contribution in [2.45, 2.75) is 44.5 Å². The molecule has 3 N–H and O–H groups in total. The summed E-state index contributed by atoms with van der Waals surface area (Å²) in [6, 6.07) is 6.23. The van der Waals surface area contributed by atoms with Gasteiger partial charge in [0.25, 0.3) is 5.56 Å². The van der Waals surface area contributed by atoms with E-state index in [9.17, 15) is 22.4 Å². The Balaban J connectivity index is 1.44. The summed E-state index contributed by atoms with van der Waals surface area (Å²) in [5, 5.41) is 6.82. The number of nitrogens with one attached hydrogen (secondary N) is 3. The standard InChI is InChI=1S/C23H25ClFN5O4S2/c1-13-3-7-19(29-36(33,34)12-14-4-5-15(25)9-17(14)24)22(32)30(13)11-21(31)27-16-6-8-18-20(10-16)35-23(26-2)28-18/h3-5,7,9,16,29H,6,8,10-12H2,1-2H3,(H,26,28)(H,27,31). The molecule has 0 bridgehead atoms. The van der Waals surface area contributed by atoms with Gasteiger partial charge in [-0.05, 0) is 49.6 Å². The number of amides is 1. The minimum Gasteiger partial charge on any atom is -0.365 e. The highest BCUT2D eigenvalue weighted by atomic mass is 35.5. The minimum atomic E-state index is -4.04. The zero-order valence-corrected chi connectivity index (χ0v) is 22.0. The first kappa shape index (κ1) is 26.1. The van der Waals surface area contributed by atoms with Crippen LogP contribution < -0.4 is 20.9 Å². The van der Waals surface area contributed by atoms with Gasteiger partial charge in [-0.2, -0.15) is 0 Å². The molecule has 13 heteroatoms. The summed E-state index contributed by atoms with van der Waals surface area (Å²) in [4.78, 5) is 31.5. The van der Waals surface area contributed by atoms with Crippen LogP contribution in [0.3, 0.4) is 0 Å². The van der Waals surface area contributed by atoms with Crippen molar-refractivity contribution in [1.82, 2.24) is 14.9 Å². The van der Waals surface area contributed by atoms with Gasteiger partial charge < -0.3 is 15.2 Å². The van der Waals surface area contributed by atoms with E-state index < -0.39 is 27.2 Å². The lowest BCUT2D eigenvalue weighted by Gasteiger charge is -2.23. The fourth-order valence-corrected chi connectivity index (χ4v) is 6.59. The third-order valence-corrected chi connectivity index (χ3v) is 8.55. The lowest BCUT2D eigenvalue weighted by atomic mass is 9.97. The van der Waals surface area contributed by atoms with Crippen LogP contribution in [0.15, 0.2) is 35.1 Å². The molecule has 0 spiro atoms. The number of benzene rings is 1. The van der Waals surface area contributed by atoms with Crippen molar-refractivity contribution < 1.29 is 17.6 Å². The third kappa shape index (κ3) is 6.05. The molecule has 36 heavy (non-hydrogen) atoms. The van der Waals surface area contributed by atoms with Gasteiger partial charge in [0.15, 0.2) is 5.13 Å². The molecule has 3 aromatic rings. The van der Waals surface area contributed by atoms with Crippen molar-refractivity contribution in [3.05, 3.63) is 73.4 Å².